The van der Waals surface area contributed by atoms with Gasteiger partial charge in [-0.3, -0.25) is 9.97 Å². The molecule has 0 aliphatic rings. The van der Waals surface area contributed by atoms with Crippen molar-refractivity contribution in [2.24, 2.45) is 0 Å². The lowest BCUT2D eigenvalue weighted by Crippen LogP contribution is -2.06. The highest BCUT2D eigenvalue weighted by atomic mass is 16.5. The van der Waals surface area contributed by atoms with E-state index in [9.17, 15) is 0 Å². The molecule has 0 amide bonds. The second kappa shape index (κ2) is 6.84. The first kappa shape index (κ1) is 18.1. The van der Waals surface area contributed by atoms with Crippen molar-refractivity contribution in [2.45, 2.75) is 20.4 Å². The number of nitrogens with two attached hydrogens (primary N) is 1. The molecule has 0 aliphatic carbocycles. The Bertz CT molecular complexity index is 1370. The van der Waals surface area contributed by atoms with E-state index in [0.717, 1.165) is 50.2 Å². The van der Waals surface area contributed by atoms with Crippen molar-refractivity contribution in [1.29, 1.82) is 0 Å². The SMILES string of the molecule is COc1cc2c(cc1-c1c(C)noc1C)ncc1nc(N)n(Cc3ccccn3)c12. The zero-order chi connectivity index (χ0) is 20.8. The molecule has 0 bridgehead atoms. The maximum Gasteiger partial charge on any atom is 0.201 e. The van der Waals surface area contributed by atoms with Crippen LogP contribution in [-0.2, 0) is 6.54 Å². The third-order valence-corrected chi connectivity index (χ3v) is 5.27. The highest BCUT2D eigenvalue weighted by molar-refractivity contribution is 6.05. The Labute approximate surface area is 172 Å². The Morgan fingerprint density at radius 2 is 2.00 bits per heavy atom. The quantitative estimate of drug-likeness (QED) is 0.488. The number of pyridine rings is 2. The molecule has 150 valence electrons. The Morgan fingerprint density at radius 3 is 2.70 bits per heavy atom. The molecular formula is C22H20N6O2. The fourth-order valence-electron chi connectivity index (χ4n) is 3.90. The number of benzene rings is 1. The molecule has 2 N–H and O–H groups in total. The lowest BCUT2D eigenvalue weighted by molar-refractivity contribution is 0.393. The standard InChI is InChI=1S/C22H20N6O2/c1-12-20(13(2)30-27-12)16-8-17-15(9-19(16)29-3)21-18(10-25-17)26-22(23)28(21)11-14-6-4-5-7-24-14/h4-10H,11H2,1-3H3,(H2,23,26). The molecule has 4 aromatic heterocycles. The number of imidazole rings is 1. The molecular weight excluding hydrogens is 380 g/mol. The first-order valence-corrected chi connectivity index (χ1v) is 9.52. The summed E-state index contributed by atoms with van der Waals surface area (Å²) in [5.41, 5.74) is 12.2. The summed E-state index contributed by atoms with van der Waals surface area (Å²) in [6.07, 6.45) is 3.51. The normalized spacial score (nSPS) is 11.4. The van der Waals surface area contributed by atoms with Crippen LogP contribution >= 0.6 is 0 Å². The van der Waals surface area contributed by atoms with Crippen LogP contribution in [0, 0.1) is 13.8 Å². The minimum Gasteiger partial charge on any atom is -0.496 e. The van der Waals surface area contributed by atoms with Gasteiger partial charge in [0.15, 0.2) is 0 Å². The number of fused-ring (bicyclic) bond motifs is 3. The van der Waals surface area contributed by atoms with Gasteiger partial charge in [-0.1, -0.05) is 11.2 Å². The van der Waals surface area contributed by atoms with Gasteiger partial charge in [-0.05, 0) is 38.1 Å². The highest BCUT2D eigenvalue weighted by Gasteiger charge is 2.20. The monoisotopic (exact) mass is 400 g/mol. The Balaban J connectivity index is 1.78. The van der Waals surface area contributed by atoms with E-state index in [4.69, 9.17) is 15.0 Å². The first-order chi connectivity index (χ1) is 14.6. The number of rotatable bonds is 4. The van der Waals surface area contributed by atoms with Gasteiger partial charge in [-0.15, -0.1) is 0 Å². The van der Waals surface area contributed by atoms with E-state index in [-0.39, 0.29) is 0 Å². The number of hydrogen-bond acceptors (Lipinski definition) is 7. The number of nitrogens with zero attached hydrogens (tertiary/aromatic N) is 5. The molecule has 0 unspecified atom stereocenters. The van der Waals surface area contributed by atoms with Crippen molar-refractivity contribution in [3.8, 4) is 16.9 Å². The fourth-order valence-corrected chi connectivity index (χ4v) is 3.90. The van der Waals surface area contributed by atoms with Crippen LogP contribution in [0.1, 0.15) is 17.1 Å². The van der Waals surface area contributed by atoms with Crippen molar-refractivity contribution < 1.29 is 9.26 Å². The molecule has 8 nitrogen and oxygen atoms in total. The molecule has 1 aromatic carbocycles. The van der Waals surface area contributed by atoms with E-state index in [0.29, 0.717) is 18.2 Å². The number of aryl methyl sites for hydroxylation is 2. The molecule has 4 heterocycles. The largest absolute Gasteiger partial charge is 0.496 e. The number of hydrogen-bond donors (Lipinski definition) is 1. The van der Waals surface area contributed by atoms with Gasteiger partial charge in [0.05, 0.1) is 47.8 Å². The third kappa shape index (κ3) is 2.76. The van der Waals surface area contributed by atoms with Gasteiger partial charge in [-0.25, -0.2) is 4.98 Å². The van der Waals surface area contributed by atoms with E-state index < -0.39 is 0 Å². The van der Waals surface area contributed by atoms with E-state index in [1.807, 2.05) is 48.7 Å². The Hall–Kier alpha value is -3.94. The minimum atomic E-state index is 0.415. The van der Waals surface area contributed by atoms with Gasteiger partial charge in [-0.2, -0.15) is 0 Å². The number of aromatic nitrogens is 5. The summed E-state index contributed by atoms with van der Waals surface area (Å²) in [5, 5.41) is 4.98. The molecule has 0 radical (unpaired) electrons. The number of ether oxygens (including phenoxy) is 1. The molecule has 5 aromatic rings. The maximum absolute atomic E-state index is 6.25. The van der Waals surface area contributed by atoms with Crippen molar-refractivity contribution in [2.75, 3.05) is 12.8 Å². The average Bonchev–Trinajstić information content (AvgIpc) is 3.26. The summed E-state index contributed by atoms with van der Waals surface area (Å²) in [4.78, 5) is 13.5. The minimum absolute atomic E-state index is 0.415. The van der Waals surface area contributed by atoms with Crippen LogP contribution in [0.15, 0.2) is 47.2 Å². The number of nitrogen functional groups attached to an aromatic ring is 1. The van der Waals surface area contributed by atoms with Crippen LogP contribution in [-0.4, -0.2) is 31.8 Å². The van der Waals surface area contributed by atoms with Crippen LogP contribution in [0.3, 0.4) is 0 Å². The van der Waals surface area contributed by atoms with Gasteiger partial charge in [0.2, 0.25) is 5.95 Å². The second-order valence-electron chi connectivity index (χ2n) is 7.14. The van der Waals surface area contributed by atoms with E-state index in [1.165, 1.54) is 0 Å². The smallest absolute Gasteiger partial charge is 0.201 e. The lowest BCUT2D eigenvalue weighted by atomic mass is 10.0. The van der Waals surface area contributed by atoms with Crippen LogP contribution < -0.4 is 10.5 Å². The summed E-state index contributed by atoms with van der Waals surface area (Å²) in [6, 6.07) is 9.77. The van der Waals surface area contributed by atoms with Crippen molar-refractivity contribution in [3.05, 3.63) is 59.9 Å². The summed E-state index contributed by atoms with van der Waals surface area (Å²) < 4.78 is 13.0. The summed E-state index contributed by atoms with van der Waals surface area (Å²) in [6.45, 7) is 4.31. The van der Waals surface area contributed by atoms with Gasteiger partial charge < -0.3 is 19.6 Å². The summed E-state index contributed by atoms with van der Waals surface area (Å²) in [5.74, 6) is 1.85. The molecule has 0 atom stereocenters. The second-order valence-corrected chi connectivity index (χ2v) is 7.14. The van der Waals surface area contributed by atoms with Crippen LogP contribution in [0.25, 0.3) is 33.1 Å². The number of anilines is 1. The third-order valence-electron chi connectivity index (χ3n) is 5.27. The fraction of sp³-hybridized carbons (Fsp3) is 0.182. The van der Waals surface area contributed by atoms with E-state index >= 15 is 0 Å². The molecule has 0 fully saturated rings. The van der Waals surface area contributed by atoms with Gasteiger partial charge in [0.25, 0.3) is 0 Å². The molecule has 8 heteroatoms. The lowest BCUT2D eigenvalue weighted by Gasteiger charge is -2.12. The molecule has 30 heavy (non-hydrogen) atoms. The molecule has 5 rings (SSSR count). The van der Waals surface area contributed by atoms with E-state index in [2.05, 4.69) is 20.1 Å². The predicted molar refractivity (Wildman–Crippen MR) is 114 cm³/mol. The van der Waals surface area contributed by atoms with Gasteiger partial charge >= 0.3 is 0 Å². The summed E-state index contributed by atoms with van der Waals surface area (Å²) >= 11 is 0. The van der Waals surface area contributed by atoms with Crippen LogP contribution in [0.2, 0.25) is 0 Å². The zero-order valence-corrected chi connectivity index (χ0v) is 16.9. The predicted octanol–water partition coefficient (Wildman–Crippen LogP) is 3.89. The number of methoxy groups -OCH3 is 1. The van der Waals surface area contributed by atoms with Crippen LogP contribution in [0.4, 0.5) is 5.95 Å². The molecule has 0 spiro atoms. The van der Waals surface area contributed by atoms with Gasteiger partial charge in [0.1, 0.15) is 17.0 Å². The maximum atomic E-state index is 6.25. The molecule has 0 saturated carbocycles. The van der Waals surface area contributed by atoms with Crippen LogP contribution in [0.5, 0.6) is 5.75 Å². The molecule has 0 aliphatic heterocycles. The van der Waals surface area contributed by atoms with E-state index in [1.54, 1.807) is 19.5 Å². The van der Waals surface area contributed by atoms with Crippen molar-refractivity contribution >= 4 is 27.9 Å². The Morgan fingerprint density at radius 1 is 1.13 bits per heavy atom. The topological polar surface area (TPSA) is 105 Å². The molecule has 0 saturated heterocycles. The average molecular weight is 400 g/mol. The zero-order valence-electron chi connectivity index (χ0n) is 16.9. The first-order valence-electron chi connectivity index (χ1n) is 9.52. The van der Waals surface area contributed by atoms with Crippen molar-refractivity contribution in [3.63, 3.8) is 0 Å². The summed E-state index contributed by atoms with van der Waals surface area (Å²) in [7, 11) is 1.65. The Kier molecular flexibility index (Phi) is 4.13. The highest BCUT2D eigenvalue weighted by Crippen LogP contribution is 2.39. The van der Waals surface area contributed by atoms with Crippen molar-refractivity contribution in [1.82, 2.24) is 24.7 Å². The van der Waals surface area contributed by atoms with Gasteiger partial charge in [0, 0.05) is 17.1 Å².